The molecular weight excluding hydrogens is 278 g/mol. The van der Waals surface area contributed by atoms with E-state index in [4.69, 9.17) is 18.0 Å². The van der Waals surface area contributed by atoms with E-state index in [1.54, 1.807) is 0 Å². The number of methoxy groups -OCH3 is 1. The average molecular weight is 291 g/mol. The van der Waals surface area contributed by atoms with Crippen molar-refractivity contribution in [2.24, 2.45) is 5.73 Å². The van der Waals surface area contributed by atoms with Gasteiger partial charge in [-0.2, -0.15) is 0 Å². The molecule has 20 heavy (non-hydrogen) atoms. The van der Waals surface area contributed by atoms with Gasteiger partial charge in [0, 0.05) is 5.69 Å². The van der Waals surface area contributed by atoms with Crippen LogP contribution in [0.5, 0.6) is 0 Å². The molecule has 0 fully saturated rings. The van der Waals surface area contributed by atoms with Crippen LogP contribution in [0, 0.1) is 13.8 Å². The van der Waals surface area contributed by atoms with E-state index >= 15 is 0 Å². The lowest BCUT2D eigenvalue weighted by atomic mass is 10.1. The minimum absolute atomic E-state index is 0.0534. The SMILES string of the molecule is COC(=O)c1ncn(-c2nc(C)cc(C)c2C(N)=S)n1. The fourth-order valence-electron chi connectivity index (χ4n) is 1.84. The van der Waals surface area contributed by atoms with Crippen LogP contribution in [0.4, 0.5) is 0 Å². The maximum Gasteiger partial charge on any atom is 0.377 e. The Morgan fingerprint density at radius 3 is 2.75 bits per heavy atom. The van der Waals surface area contributed by atoms with Gasteiger partial charge in [-0.1, -0.05) is 12.2 Å². The molecule has 0 aromatic carbocycles. The monoisotopic (exact) mass is 291 g/mol. The van der Waals surface area contributed by atoms with E-state index in [1.807, 2.05) is 19.9 Å². The van der Waals surface area contributed by atoms with Crippen molar-refractivity contribution in [2.45, 2.75) is 13.8 Å². The normalized spacial score (nSPS) is 10.3. The Bertz CT molecular complexity index is 695. The molecule has 0 saturated carbocycles. The molecule has 0 aliphatic rings. The second-order valence-electron chi connectivity index (χ2n) is 4.15. The largest absolute Gasteiger partial charge is 0.463 e. The molecule has 2 heterocycles. The van der Waals surface area contributed by atoms with Crippen molar-refractivity contribution >= 4 is 23.2 Å². The van der Waals surface area contributed by atoms with Crippen LogP contribution >= 0.6 is 12.2 Å². The zero-order chi connectivity index (χ0) is 14.9. The fraction of sp³-hybridized carbons (Fsp3) is 0.250. The molecule has 0 unspecified atom stereocenters. The van der Waals surface area contributed by atoms with Crippen molar-refractivity contribution in [2.75, 3.05) is 7.11 Å². The summed E-state index contributed by atoms with van der Waals surface area (Å²) in [5.41, 5.74) is 8.01. The van der Waals surface area contributed by atoms with E-state index in [1.165, 1.54) is 18.1 Å². The maximum absolute atomic E-state index is 11.4. The third-order valence-electron chi connectivity index (χ3n) is 2.65. The second-order valence-corrected chi connectivity index (χ2v) is 4.59. The lowest BCUT2D eigenvalue weighted by Crippen LogP contribution is -2.18. The molecule has 0 spiro atoms. The Morgan fingerprint density at radius 1 is 1.45 bits per heavy atom. The van der Waals surface area contributed by atoms with Gasteiger partial charge >= 0.3 is 5.97 Å². The van der Waals surface area contributed by atoms with Gasteiger partial charge in [-0.15, -0.1) is 5.10 Å². The van der Waals surface area contributed by atoms with Gasteiger partial charge in [0.05, 0.1) is 12.7 Å². The third-order valence-corrected chi connectivity index (χ3v) is 2.85. The first-order chi connectivity index (χ1) is 9.43. The maximum atomic E-state index is 11.4. The minimum atomic E-state index is -0.620. The zero-order valence-electron chi connectivity index (χ0n) is 11.2. The van der Waals surface area contributed by atoms with Crippen molar-refractivity contribution in [3.63, 3.8) is 0 Å². The Morgan fingerprint density at radius 2 is 2.15 bits per heavy atom. The number of pyridine rings is 1. The van der Waals surface area contributed by atoms with E-state index in [0.717, 1.165) is 11.3 Å². The predicted octanol–water partition coefficient (Wildman–Crippen LogP) is 0.700. The molecule has 104 valence electrons. The molecule has 0 aliphatic carbocycles. The van der Waals surface area contributed by atoms with Crippen LogP contribution < -0.4 is 5.73 Å². The van der Waals surface area contributed by atoms with Gasteiger partial charge in [0.1, 0.15) is 11.3 Å². The van der Waals surface area contributed by atoms with E-state index in [0.29, 0.717) is 11.4 Å². The summed E-state index contributed by atoms with van der Waals surface area (Å²) in [5, 5.41) is 4.03. The van der Waals surface area contributed by atoms with Crippen molar-refractivity contribution in [1.82, 2.24) is 19.7 Å². The van der Waals surface area contributed by atoms with Crippen LogP contribution in [0.15, 0.2) is 12.4 Å². The summed E-state index contributed by atoms with van der Waals surface area (Å²) in [6.45, 7) is 3.73. The number of aryl methyl sites for hydroxylation is 2. The Labute approximate surface area is 120 Å². The Hall–Kier alpha value is -2.35. The molecule has 0 aliphatic heterocycles. The Balaban J connectivity index is 2.60. The third kappa shape index (κ3) is 2.50. The van der Waals surface area contributed by atoms with Crippen molar-refractivity contribution in [3.8, 4) is 5.82 Å². The summed E-state index contributed by atoms with van der Waals surface area (Å²) in [4.78, 5) is 19.8. The van der Waals surface area contributed by atoms with Gasteiger partial charge in [-0.05, 0) is 25.5 Å². The fourth-order valence-corrected chi connectivity index (χ4v) is 2.09. The average Bonchev–Trinajstić information content (AvgIpc) is 2.85. The number of aromatic nitrogens is 4. The Kier molecular flexibility index (Phi) is 3.75. The minimum Gasteiger partial charge on any atom is -0.463 e. The standard InChI is InChI=1S/C12H13N5O2S/c1-6-4-7(2)15-11(8(6)9(13)20)17-5-14-10(16-17)12(18)19-3/h4-5H,1-3H3,(H2,13,20). The van der Waals surface area contributed by atoms with Crippen LogP contribution in [0.2, 0.25) is 0 Å². The number of carbonyl (C=O) groups excluding carboxylic acids is 1. The van der Waals surface area contributed by atoms with Crippen LogP contribution in [0.25, 0.3) is 5.82 Å². The topological polar surface area (TPSA) is 95.9 Å². The van der Waals surface area contributed by atoms with Crippen LogP contribution in [-0.2, 0) is 4.74 Å². The van der Waals surface area contributed by atoms with Crippen LogP contribution in [0.1, 0.15) is 27.4 Å². The summed E-state index contributed by atoms with van der Waals surface area (Å²) >= 11 is 5.05. The molecule has 0 radical (unpaired) electrons. The van der Waals surface area contributed by atoms with Gasteiger partial charge in [-0.25, -0.2) is 19.4 Å². The highest BCUT2D eigenvalue weighted by atomic mass is 32.1. The molecule has 2 aromatic rings. The number of nitrogens with zero attached hydrogens (tertiary/aromatic N) is 4. The molecule has 2 rings (SSSR count). The van der Waals surface area contributed by atoms with Crippen molar-refractivity contribution < 1.29 is 9.53 Å². The number of hydrogen-bond acceptors (Lipinski definition) is 6. The molecule has 0 amide bonds. The molecule has 0 bridgehead atoms. The summed E-state index contributed by atoms with van der Waals surface area (Å²) in [6, 6.07) is 1.87. The van der Waals surface area contributed by atoms with Gasteiger partial charge in [0.25, 0.3) is 5.82 Å². The van der Waals surface area contributed by atoms with Crippen molar-refractivity contribution in [1.29, 1.82) is 0 Å². The van der Waals surface area contributed by atoms with Gasteiger partial charge in [-0.3, -0.25) is 0 Å². The van der Waals surface area contributed by atoms with Crippen molar-refractivity contribution in [3.05, 3.63) is 35.0 Å². The van der Waals surface area contributed by atoms with Gasteiger partial charge < -0.3 is 10.5 Å². The summed E-state index contributed by atoms with van der Waals surface area (Å²) in [6.07, 6.45) is 1.37. The number of nitrogens with two attached hydrogens (primary N) is 1. The van der Waals surface area contributed by atoms with Gasteiger partial charge in [0.2, 0.25) is 0 Å². The predicted molar refractivity (Wildman–Crippen MR) is 75.9 cm³/mol. The first kappa shape index (κ1) is 14.1. The first-order valence-corrected chi connectivity index (χ1v) is 6.13. The van der Waals surface area contributed by atoms with Gasteiger partial charge in [0.15, 0.2) is 5.82 Å². The van der Waals surface area contributed by atoms with Crippen LogP contribution in [0.3, 0.4) is 0 Å². The highest BCUT2D eigenvalue weighted by molar-refractivity contribution is 7.80. The molecule has 0 saturated heterocycles. The summed E-state index contributed by atoms with van der Waals surface area (Å²) in [7, 11) is 1.26. The number of carbonyl (C=O) groups is 1. The smallest absolute Gasteiger partial charge is 0.377 e. The number of hydrogen-bond donors (Lipinski definition) is 1. The summed E-state index contributed by atoms with van der Waals surface area (Å²) < 4.78 is 5.92. The molecular formula is C12H13N5O2S. The van der Waals surface area contributed by atoms with E-state index < -0.39 is 5.97 Å². The number of rotatable bonds is 3. The number of thiocarbonyl (C=S) groups is 1. The van der Waals surface area contributed by atoms with Crippen LogP contribution in [-0.4, -0.2) is 37.8 Å². The number of esters is 1. The first-order valence-electron chi connectivity index (χ1n) is 5.72. The summed E-state index contributed by atoms with van der Waals surface area (Å²) in [5.74, 6) is -0.231. The highest BCUT2D eigenvalue weighted by Crippen LogP contribution is 2.17. The number of ether oxygens (including phenoxy) is 1. The molecule has 7 nitrogen and oxygen atoms in total. The lowest BCUT2D eigenvalue weighted by Gasteiger charge is -2.11. The molecule has 2 aromatic heterocycles. The lowest BCUT2D eigenvalue weighted by molar-refractivity contribution is 0.0587. The quantitative estimate of drug-likeness (QED) is 0.656. The van der Waals surface area contributed by atoms with E-state index in [9.17, 15) is 4.79 Å². The zero-order valence-corrected chi connectivity index (χ0v) is 12.1. The van der Waals surface area contributed by atoms with E-state index in [2.05, 4.69) is 19.8 Å². The van der Waals surface area contributed by atoms with E-state index in [-0.39, 0.29) is 10.8 Å². The molecule has 0 atom stereocenters. The second kappa shape index (κ2) is 5.33. The highest BCUT2D eigenvalue weighted by Gasteiger charge is 2.17. The molecule has 2 N–H and O–H groups in total. The molecule has 8 heteroatoms.